The van der Waals surface area contributed by atoms with E-state index in [9.17, 15) is 19.5 Å². The molecule has 0 saturated carbocycles. The molecule has 26 heavy (non-hydrogen) atoms. The Morgan fingerprint density at radius 3 is 1.81 bits per heavy atom. The van der Waals surface area contributed by atoms with Gasteiger partial charge in [-0.05, 0) is 19.3 Å². The van der Waals surface area contributed by atoms with Gasteiger partial charge in [-0.2, -0.15) is 0 Å². The van der Waals surface area contributed by atoms with Crippen molar-refractivity contribution in [3.8, 4) is 0 Å². The van der Waals surface area contributed by atoms with E-state index in [1.807, 2.05) is 0 Å². The lowest BCUT2D eigenvalue weighted by atomic mass is 9.91. The number of ketones is 1. The van der Waals surface area contributed by atoms with E-state index in [-0.39, 0.29) is 19.6 Å². The number of unbranched alkanes of at least 4 members (excludes halogenated alkanes) is 6. The average Bonchev–Trinajstić information content (AvgIpc) is 2.61. The largest absolute Gasteiger partial charge is 0.466 e. The minimum Gasteiger partial charge on any atom is -0.466 e. The van der Waals surface area contributed by atoms with Gasteiger partial charge in [-0.15, -0.1) is 0 Å². The summed E-state index contributed by atoms with van der Waals surface area (Å²) in [4.78, 5) is 36.5. The van der Waals surface area contributed by atoms with Gasteiger partial charge in [0.2, 0.25) is 5.60 Å². The number of rotatable bonds is 16. The summed E-state index contributed by atoms with van der Waals surface area (Å²) < 4.78 is 10.1. The van der Waals surface area contributed by atoms with Gasteiger partial charge in [-0.3, -0.25) is 9.59 Å². The Morgan fingerprint density at radius 2 is 1.31 bits per heavy atom. The van der Waals surface area contributed by atoms with E-state index in [1.165, 1.54) is 0 Å². The molecule has 0 aliphatic heterocycles. The summed E-state index contributed by atoms with van der Waals surface area (Å²) in [6.07, 6.45) is 7.24. The van der Waals surface area contributed by atoms with Crippen molar-refractivity contribution in [3.63, 3.8) is 0 Å². The fraction of sp³-hybridized carbons (Fsp3) is 0.850. The van der Waals surface area contributed by atoms with Gasteiger partial charge in [0.25, 0.3) is 0 Å². The van der Waals surface area contributed by atoms with Gasteiger partial charge in [-0.25, -0.2) is 4.79 Å². The topological polar surface area (TPSA) is 89.9 Å². The Labute approximate surface area is 157 Å². The quantitative estimate of drug-likeness (QED) is 0.252. The van der Waals surface area contributed by atoms with Crippen molar-refractivity contribution in [1.29, 1.82) is 0 Å². The summed E-state index contributed by atoms with van der Waals surface area (Å²) in [5, 5.41) is 10.6. The van der Waals surface area contributed by atoms with Crippen LogP contribution in [0.2, 0.25) is 0 Å². The van der Waals surface area contributed by atoms with Gasteiger partial charge in [0.05, 0.1) is 19.6 Å². The number of carbonyl (C=O) groups excluding carboxylic acids is 3. The van der Waals surface area contributed by atoms with E-state index in [2.05, 4.69) is 13.8 Å². The number of ether oxygens (including phenoxy) is 2. The van der Waals surface area contributed by atoms with E-state index in [0.717, 1.165) is 44.9 Å². The second-order valence-electron chi connectivity index (χ2n) is 6.69. The predicted molar refractivity (Wildman–Crippen MR) is 99.7 cm³/mol. The molecule has 0 radical (unpaired) electrons. The lowest BCUT2D eigenvalue weighted by Crippen LogP contribution is -2.49. The minimum absolute atomic E-state index is 0.00517. The Morgan fingerprint density at radius 1 is 0.769 bits per heavy atom. The highest BCUT2D eigenvalue weighted by Crippen LogP contribution is 2.19. The molecule has 1 N–H and O–H groups in total. The van der Waals surface area contributed by atoms with Crippen molar-refractivity contribution in [2.45, 2.75) is 97.0 Å². The molecule has 0 aromatic carbocycles. The minimum atomic E-state index is -2.44. The lowest BCUT2D eigenvalue weighted by Gasteiger charge is -2.23. The van der Waals surface area contributed by atoms with Crippen molar-refractivity contribution < 1.29 is 29.0 Å². The van der Waals surface area contributed by atoms with Crippen LogP contribution in [0.1, 0.15) is 91.4 Å². The standard InChI is InChI=1S/C20H36O6/c1-4-7-9-11-14-25-18(22)16-20(24,17(21)13-6-3)19(23)26-15-12-10-8-5-2/h24H,4-16H2,1-3H3. The smallest absolute Gasteiger partial charge is 0.346 e. The molecule has 0 bridgehead atoms. The molecule has 0 aromatic rings. The second-order valence-corrected chi connectivity index (χ2v) is 6.69. The summed E-state index contributed by atoms with van der Waals surface area (Å²) in [5.41, 5.74) is -2.44. The van der Waals surface area contributed by atoms with Crippen LogP contribution in [0.5, 0.6) is 0 Å². The summed E-state index contributed by atoms with van der Waals surface area (Å²) >= 11 is 0. The highest BCUT2D eigenvalue weighted by atomic mass is 16.6. The Kier molecular flexibility index (Phi) is 13.9. The number of esters is 2. The molecule has 0 spiro atoms. The Bertz CT molecular complexity index is 421. The van der Waals surface area contributed by atoms with Crippen LogP contribution < -0.4 is 0 Å². The van der Waals surface area contributed by atoms with Gasteiger partial charge in [-0.1, -0.05) is 59.3 Å². The van der Waals surface area contributed by atoms with Crippen LogP contribution in [0.4, 0.5) is 0 Å². The Balaban J connectivity index is 4.62. The van der Waals surface area contributed by atoms with Crippen LogP contribution in [-0.4, -0.2) is 41.6 Å². The summed E-state index contributed by atoms with van der Waals surface area (Å²) in [5.74, 6) is -2.49. The molecule has 6 heteroatoms. The molecule has 1 atom stereocenters. The van der Waals surface area contributed by atoms with Gasteiger partial charge < -0.3 is 14.6 Å². The number of hydrogen-bond acceptors (Lipinski definition) is 6. The molecule has 6 nitrogen and oxygen atoms in total. The molecular formula is C20H36O6. The summed E-state index contributed by atoms with van der Waals surface area (Å²) in [7, 11) is 0. The maximum Gasteiger partial charge on any atom is 0.346 e. The summed E-state index contributed by atoms with van der Waals surface area (Å²) in [6, 6.07) is 0. The maximum atomic E-state index is 12.3. The molecule has 0 saturated heterocycles. The highest BCUT2D eigenvalue weighted by molar-refractivity contribution is 6.09. The van der Waals surface area contributed by atoms with E-state index < -0.39 is 29.7 Å². The third kappa shape index (κ3) is 9.90. The van der Waals surface area contributed by atoms with Crippen LogP contribution in [0.15, 0.2) is 0 Å². The van der Waals surface area contributed by atoms with Gasteiger partial charge in [0, 0.05) is 6.42 Å². The number of carbonyl (C=O) groups is 3. The fourth-order valence-electron chi connectivity index (χ4n) is 2.51. The van der Waals surface area contributed by atoms with Crippen LogP contribution in [0.25, 0.3) is 0 Å². The molecule has 0 fully saturated rings. The second kappa shape index (κ2) is 14.7. The number of aliphatic hydroxyl groups is 1. The SMILES string of the molecule is CCCCCCOC(=O)CC(O)(C(=O)CCC)C(=O)OCCCCCC. The van der Waals surface area contributed by atoms with Crippen molar-refractivity contribution in [2.75, 3.05) is 13.2 Å². The van der Waals surface area contributed by atoms with Gasteiger partial charge in [0.1, 0.15) is 0 Å². The molecule has 0 aliphatic carbocycles. The molecular weight excluding hydrogens is 336 g/mol. The molecule has 0 aromatic heterocycles. The average molecular weight is 373 g/mol. The molecule has 0 aliphatic rings. The van der Waals surface area contributed by atoms with Crippen LogP contribution >= 0.6 is 0 Å². The zero-order valence-corrected chi connectivity index (χ0v) is 16.7. The van der Waals surface area contributed by atoms with E-state index in [4.69, 9.17) is 9.47 Å². The van der Waals surface area contributed by atoms with Crippen LogP contribution in [0, 0.1) is 0 Å². The van der Waals surface area contributed by atoms with Crippen molar-refractivity contribution in [3.05, 3.63) is 0 Å². The third-order valence-electron chi connectivity index (χ3n) is 4.17. The first kappa shape index (κ1) is 24.6. The maximum absolute atomic E-state index is 12.3. The molecule has 152 valence electrons. The zero-order chi connectivity index (χ0) is 19.8. The van der Waals surface area contributed by atoms with Gasteiger partial charge >= 0.3 is 11.9 Å². The number of Topliss-reactive ketones (excluding diaryl/α,β-unsaturated/α-hetero) is 1. The first-order valence-electron chi connectivity index (χ1n) is 10.0. The van der Waals surface area contributed by atoms with Crippen molar-refractivity contribution in [2.24, 2.45) is 0 Å². The van der Waals surface area contributed by atoms with E-state index in [0.29, 0.717) is 12.8 Å². The number of hydrogen-bond donors (Lipinski definition) is 1. The molecule has 1 unspecified atom stereocenters. The first-order chi connectivity index (χ1) is 12.4. The van der Waals surface area contributed by atoms with E-state index >= 15 is 0 Å². The molecule has 0 heterocycles. The molecule has 0 rings (SSSR count). The van der Waals surface area contributed by atoms with Crippen molar-refractivity contribution >= 4 is 17.7 Å². The Hall–Kier alpha value is -1.43. The van der Waals surface area contributed by atoms with Crippen LogP contribution in [-0.2, 0) is 23.9 Å². The molecule has 0 amide bonds. The highest BCUT2D eigenvalue weighted by Gasteiger charge is 2.47. The van der Waals surface area contributed by atoms with Crippen molar-refractivity contribution in [1.82, 2.24) is 0 Å². The monoisotopic (exact) mass is 372 g/mol. The third-order valence-corrected chi connectivity index (χ3v) is 4.17. The van der Waals surface area contributed by atoms with Gasteiger partial charge in [0.15, 0.2) is 5.78 Å². The predicted octanol–water partition coefficient (Wildman–Crippen LogP) is 3.72. The van der Waals surface area contributed by atoms with E-state index in [1.54, 1.807) is 6.92 Å². The normalized spacial score (nSPS) is 13.1. The summed E-state index contributed by atoms with van der Waals surface area (Å²) in [6.45, 7) is 6.28. The fourth-order valence-corrected chi connectivity index (χ4v) is 2.51. The van der Waals surface area contributed by atoms with Crippen LogP contribution in [0.3, 0.4) is 0 Å². The lowest BCUT2D eigenvalue weighted by molar-refractivity contribution is -0.177. The first-order valence-corrected chi connectivity index (χ1v) is 10.0. The zero-order valence-electron chi connectivity index (χ0n) is 16.7.